The van der Waals surface area contributed by atoms with Crippen molar-refractivity contribution in [3.05, 3.63) is 47.5 Å². The van der Waals surface area contributed by atoms with Crippen molar-refractivity contribution in [3.8, 4) is 11.5 Å². The van der Waals surface area contributed by atoms with E-state index in [1.807, 2.05) is 6.92 Å². The quantitative estimate of drug-likeness (QED) is 0.760. The Morgan fingerprint density at radius 2 is 1.94 bits per heavy atom. The van der Waals surface area contributed by atoms with E-state index in [1.165, 1.54) is 6.07 Å². The van der Waals surface area contributed by atoms with Crippen molar-refractivity contribution in [1.29, 1.82) is 0 Å². The monoisotopic (exact) mass is 245 g/mol. The zero-order chi connectivity index (χ0) is 13.0. The third-order valence-electron chi connectivity index (χ3n) is 2.52. The highest BCUT2D eigenvalue weighted by Crippen LogP contribution is 2.22. The molecular weight excluding hydrogens is 230 g/mol. The third-order valence-corrected chi connectivity index (χ3v) is 2.52. The predicted molar refractivity (Wildman–Crippen MR) is 67.1 cm³/mol. The molecule has 0 aliphatic rings. The fourth-order valence-electron chi connectivity index (χ4n) is 1.54. The van der Waals surface area contributed by atoms with Gasteiger partial charge in [-0.05, 0) is 13.0 Å². The van der Waals surface area contributed by atoms with E-state index in [4.69, 9.17) is 5.11 Å². The second kappa shape index (κ2) is 5.46. The lowest BCUT2D eigenvalue weighted by atomic mass is 10.2. The first-order valence-corrected chi connectivity index (χ1v) is 5.64. The second-order valence-electron chi connectivity index (χ2n) is 4.07. The van der Waals surface area contributed by atoms with Crippen molar-refractivity contribution >= 4 is 0 Å². The van der Waals surface area contributed by atoms with Gasteiger partial charge in [-0.15, -0.1) is 0 Å². The highest BCUT2D eigenvalue weighted by atomic mass is 16.3. The third kappa shape index (κ3) is 3.18. The van der Waals surface area contributed by atoms with Crippen LogP contribution in [0.4, 0.5) is 0 Å². The van der Waals surface area contributed by atoms with Gasteiger partial charge in [0.2, 0.25) is 0 Å². The fraction of sp³-hybridized carbons (Fsp3) is 0.231. The van der Waals surface area contributed by atoms with Crippen LogP contribution >= 0.6 is 0 Å². The number of rotatable bonds is 4. The first-order chi connectivity index (χ1) is 8.65. The highest BCUT2D eigenvalue weighted by molar-refractivity contribution is 5.38. The van der Waals surface area contributed by atoms with E-state index in [-0.39, 0.29) is 11.5 Å². The van der Waals surface area contributed by atoms with Crippen molar-refractivity contribution < 1.29 is 10.2 Å². The molecule has 0 saturated carbocycles. The molecule has 0 aliphatic carbocycles. The maximum atomic E-state index is 9.60. The van der Waals surface area contributed by atoms with E-state index >= 15 is 0 Å². The molecule has 94 valence electrons. The summed E-state index contributed by atoms with van der Waals surface area (Å²) in [6, 6.07) is 4.55. The van der Waals surface area contributed by atoms with Crippen LogP contribution in [-0.2, 0) is 13.1 Å². The molecule has 5 heteroatoms. The first-order valence-electron chi connectivity index (χ1n) is 5.64. The van der Waals surface area contributed by atoms with Crippen LogP contribution in [0.3, 0.4) is 0 Å². The van der Waals surface area contributed by atoms with Gasteiger partial charge in [0.15, 0.2) is 0 Å². The molecule has 2 aromatic rings. The Hall–Kier alpha value is -2.14. The predicted octanol–water partition coefficient (Wildman–Crippen LogP) is 1.49. The Bertz CT molecular complexity index is 526. The van der Waals surface area contributed by atoms with Gasteiger partial charge in [-0.3, -0.25) is 9.97 Å². The molecule has 1 aromatic heterocycles. The number of phenolic OH excluding ortho intramolecular Hbond substituents is 2. The van der Waals surface area contributed by atoms with Crippen molar-refractivity contribution in [3.63, 3.8) is 0 Å². The number of nitrogens with zero attached hydrogens (tertiary/aromatic N) is 2. The summed E-state index contributed by atoms with van der Waals surface area (Å²) < 4.78 is 0. The summed E-state index contributed by atoms with van der Waals surface area (Å²) in [6.45, 7) is 2.97. The maximum absolute atomic E-state index is 9.60. The van der Waals surface area contributed by atoms with Gasteiger partial charge >= 0.3 is 0 Å². The molecule has 1 aromatic carbocycles. The molecule has 5 nitrogen and oxygen atoms in total. The molecular formula is C13H15N3O2. The minimum absolute atomic E-state index is 0.0562. The van der Waals surface area contributed by atoms with E-state index < -0.39 is 0 Å². The van der Waals surface area contributed by atoms with Gasteiger partial charge in [0.05, 0.1) is 11.4 Å². The Labute approximate surface area is 105 Å². The number of aromatic hydroxyl groups is 2. The van der Waals surface area contributed by atoms with E-state index in [9.17, 15) is 5.11 Å². The average molecular weight is 245 g/mol. The Kier molecular flexibility index (Phi) is 3.74. The maximum Gasteiger partial charge on any atom is 0.123 e. The van der Waals surface area contributed by atoms with E-state index in [2.05, 4.69) is 15.3 Å². The van der Waals surface area contributed by atoms with Gasteiger partial charge in [-0.25, -0.2) is 0 Å². The molecule has 0 fully saturated rings. The Morgan fingerprint density at radius 3 is 2.61 bits per heavy atom. The lowest BCUT2D eigenvalue weighted by molar-refractivity contribution is 0.443. The number of hydrogen-bond donors (Lipinski definition) is 3. The minimum Gasteiger partial charge on any atom is -0.508 e. The minimum atomic E-state index is 0.0562. The van der Waals surface area contributed by atoms with Gasteiger partial charge in [0.1, 0.15) is 11.5 Å². The lowest BCUT2D eigenvalue weighted by Gasteiger charge is -2.07. The molecule has 1 heterocycles. The van der Waals surface area contributed by atoms with Crippen LogP contribution in [-0.4, -0.2) is 20.2 Å². The van der Waals surface area contributed by atoms with Crippen LogP contribution < -0.4 is 5.32 Å². The largest absolute Gasteiger partial charge is 0.508 e. The number of benzene rings is 1. The zero-order valence-electron chi connectivity index (χ0n) is 10.1. The normalized spacial score (nSPS) is 10.5. The Balaban J connectivity index is 1.90. The van der Waals surface area contributed by atoms with E-state index in [0.717, 1.165) is 17.0 Å². The van der Waals surface area contributed by atoms with Crippen LogP contribution in [0.5, 0.6) is 11.5 Å². The van der Waals surface area contributed by atoms with Crippen molar-refractivity contribution in [2.24, 2.45) is 0 Å². The van der Waals surface area contributed by atoms with E-state index in [1.54, 1.807) is 24.5 Å². The van der Waals surface area contributed by atoms with Crippen molar-refractivity contribution in [1.82, 2.24) is 15.3 Å². The van der Waals surface area contributed by atoms with Crippen LogP contribution in [0, 0.1) is 6.92 Å². The lowest BCUT2D eigenvalue weighted by Crippen LogP contribution is -2.14. The summed E-state index contributed by atoms with van der Waals surface area (Å²) in [6.07, 6.45) is 3.44. The molecule has 0 unspecified atom stereocenters. The molecule has 3 N–H and O–H groups in total. The van der Waals surface area contributed by atoms with E-state index in [0.29, 0.717) is 13.1 Å². The number of nitrogens with one attached hydrogen (secondary N) is 1. The van der Waals surface area contributed by atoms with Gasteiger partial charge in [-0.1, -0.05) is 6.07 Å². The summed E-state index contributed by atoms with van der Waals surface area (Å²) in [5.41, 5.74) is 2.46. The molecule has 0 radical (unpaired) electrons. The van der Waals surface area contributed by atoms with Crippen LogP contribution in [0.25, 0.3) is 0 Å². The van der Waals surface area contributed by atoms with Gasteiger partial charge < -0.3 is 15.5 Å². The standard InChI is InChI=1S/C13H15N3O2/c1-9-5-16-11(8-15-9)7-14-6-10-2-3-12(17)4-13(10)18/h2-5,8,14,17-18H,6-7H2,1H3. The van der Waals surface area contributed by atoms with Crippen LogP contribution in [0.15, 0.2) is 30.6 Å². The summed E-state index contributed by atoms with van der Waals surface area (Å²) >= 11 is 0. The van der Waals surface area contributed by atoms with Gasteiger partial charge in [0.25, 0.3) is 0 Å². The number of phenols is 2. The van der Waals surface area contributed by atoms with Gasteiger partial charge in [-0.2, -0.15) is 0 Å². The summed E-state index contributed by atoms with van der Waals surface area (Å²) in [5.74, 6) is 0.137. The topological polar surface area (TPSA) is 78.3 Å². The molecule has 0 spiro atoms. The fourth-order valence-corrected chi connectivity index (χ4v) is 1.54. The zero-order valence-corrected chi connectivity index (χ0v) is 10.1. The SMILES string of the molecule is Cc1cnc(CNCc2ccc(O)cc2O)cn1. The summed E-state index contributed by atoms with van der Waals surface area (Å²) in [4.78, 5) is 8.37. The smallest absolute Gasteiger partial charge is 0.123 e. The van der Waals surface area contributed by atoms with Crippen LogP contribution in [0.2, 0.25) is 0 Å². The molecule has 0 aliphatic heterocycles. The second-order valence-corrected chi connectivity index (χ2v) is 4.07. The van der Waals surface area contributed by atoms with Crippen LogP contribution in [0.1, 0.15) is 17.0 Å². The number of aryl methyl sites for hydroxylation is 1. The molecule has 0 bridgehead atoms. The molecule has 0 amide bonds. The molecule has 0 atom stereocenters. The molecule has 0 saturated heterocycles. The van der Waals surface area contributed by atoms with Gasteiger partial charge in [0, 0.05) is 37.1 Å². The first kappa shape index (κ1) is 12.3. The summed E-state index contributed by atoms with van der Waals surface area (Å²) in [7, 11) is 0. The number of hydrogen-bond acceptors (Lipinski definition) is 5. The molecule has 2 rings (SSSR count). The average Bonchev–Trinajstić information content (AvgIpc) is 2.34. The number of aromatic nitrogens is 2. The Morgan fingerprint density at radius 1 is 1.11 bits per heavy atom. The van der Waals surface area contributed by atoms with Crippen molar-refractivity contribution in [2.45, 2.75) is 20.0 Å². The highest BCUT2D eigenvalue weighted by Gasteiger charge is 2.02. The summed E-state index contributed by atoms with van der Waals surface area (Å²) in [5, 5.41) is 21.9. The molecule has 18 heavy (non-hydrogen) atoms. The van der Waals surface area contributed by atoms with Crippen molar-refractivity contribution in [2.75, 3.05) is 0 Å².